The minimum atomic E-state index is -3.44. The number of aryl methyl sites for hydroxylation is 1. The second-order valence-corrected chi connectivity index (χ2v) is 8.14. The Kier molecular flexibility index (Phi) is 6.83. The van der Waals surface area contributed by atoms with Crippen LogP contribution in [0.25, 0.3) is 10.8 Å². The molecule has 0 aliphatic carbocycles. The van der Waals surface area contributed by atoms with Crippen molar-refractivity contribution in [1.29, 1.82) is 0 Å². The maximum absolute atomic E-state index is 12.0. The van der Waals surface area contributed by atoms with Gasteiger partial charge in [-0.05, 0) is 48.9 Å². The zero-order chi connectivity index (χ0) is 16.7. The molecule has 2 atom stereocenters. The van der Waals surface area contributed by atoms with Gasteiger partial charge in [-0.2, -0.15) is 0 Å². The molecule has 0 spiro atoms. The summed E-state index contributed by atoms with van der Waals surface area (Å²) in [5.74, 6) is 0. The van der Waals surface area contributed by atoms with Crippen LogP contribution in [0.3, 0.4) is 0 Å². The Morgan fingerprint density at radius 2 is 1.87 bits per heavy atom. The average molecular weight is 334 g/mol. The Hall–Kier alpha value is -1.15. The third-order valence-corrected chi connectivity index (χ3v) is 5.58. The van der Waals surface area contributed by atoms with E-state index in [9.17, 15) is 9.46 Å². The summed E-state index contributed by atoms with van der Waals surface area (Å²) >= 11 is 0. The van der Waals surface area contributed by atoms with Crippen LogP contribution >= 0.6 is 7.60 Å². The fraction of sp³-hybridized carbons (Fsp3) is 0.474. The van der Waals surface area contributed by atoms with Gasteiger partial charge < -0.3 is 9.42 Å². The van der Waals surface area contributed by atoms with Crippen LogP contribution in [-0.2, 0) is 15.5 Å². The molecule has 4 heteroatoms. The van der Waals surface area contributed by atoms with E-state index >= 15 is 0 Å². The van der Waals surface area contributed by atoms with Crippen LogP contribution in [0.15, 0.2) is 42.5 Å². The van der Waals surface area contributed by atoms with E-state index in [1.165, 1.54) is 16.3 Å². The van der Waals surface area contributed by atoms with Gasteiger partial charge in [0, 0.05) is 0 Å². The summed E-state index contributed by atoms with van der Waals surface area (Å²) < 4.78 is 17.3. The maximum atomic E-state index is 12.0. The summed E-state index contributed by atoms with van der Waals surface area (Å²) in [4.78, 5) is 9.88. The molecule has 0 aliphatic rings. The third-order valence-electron chi connectivity index (χ3n) is 4.01. The van der Waals surface area contributed by atoms with Crippen molar-refractivity contribution in [2.24, 2.45) is 0 Å². The number of benzene rings is 2. The Morgan fingerprint density at radius 1 is 1.13 bits per heavy atom. The number of hydrogen-bond acceptors (Lipinski definition) is 2. The Bertz CT molecular complexity index is 668. The summed E-state index contributed by atoms with van der Waals surface area (Å²) in [7, 11) is -3.44. The molecule has 2 aromatic carbocycles. The Balaban J connectivity index is 1.78. The quantitative estimate of drug-likeness (QED) is 0.483. The fourth-order valence-electron chi connectivity index (χ4n) is 2.83. The molecule has 3 nitrogen and oxygen atoms in total. The summed E-state index contributed by atoms with van der Waals surface area (Å²) in [5.41, 5.74) is 1.27. The highest BCUT2D eigenvalue weighted by Crippen LogP contribution is 2.44. The molecule has 2 unspecified atom stereocenters. The van der Waals surface area contributed by atoms with E-state index in [4.69, 9.17) is 4.52 Å². The minimum absolute atomic E-state index is 0.142. The number of fused-ring (bicyclic) bond motifs is 1. The molecule has 0 saturated carbocycles. The molecule has 0 saturated heterocycles. The van der Waals surface area contributed by atoms with E-state index in [0.717, 1.165) is 25.7 Å². The second-order valence-electron chi connectivity index (χ2n) is 6.20. The highest BCUT2D eigenvalue weighted by molar-refractivity contribution is 7.52. The molecular weight excluding hydrogens is 307 g/mol. The van der Waals surface area contributed by atoms with Gasteiger partial charge in [-0.25, -0.2) is 0 Å². The summed E-state index contributed by atoms with van der Waals surface area (Å²) in [5, 5.41) is 2.49. The van der Waals surface area contributed by atoms with Crippen molar-refractivity contribution in [2.45, 2.75) is 52.1 Å². The third kappa shape index (κ3) is 6.10. The van der Waals surface area contributed by atoms with Gasteiger partial charge in [0.25, 0.3) is 0 Å². The summed E-state index contributed by atoms with van der Waals surface area (Å²) in [6, 6.07) is 14.8. The smallest absolute Gasteiger partial charge is 0.324 e. The molecule has 126 valence electrons. The average Bonchev–Trinajstić information content (AvgIpc) is 2.51. The van der Waals surface area contributed by atoms with Gasteiger partial charge in [-0.1, -0.05) is 55.8 Å². The van der Waals surface area contributed by atoms with Crippen LogP contribution in [0.4, 0.5) is 0 Å². The van der Waals surface area contributed by atoms with E-state index in [1.54, 1.807) is 0 Å². The van der Waals surface area contributed by atoms with Gasteiger partial charge in [0.05, 0.1) is 12.3 Å². The Labute approximate surface area is 139 Å². The van der Waals surface area contributed by atoms with Crippen LogP contribution in [0.5, 0.6) is 0 Å². The van der Waals surface area contributed by atoms with Crippen molar-refractivity contribution in [2.75, 3.05) is 6.16 Å². The molecular formula is C19H27O3P. The zero-order valence-electron chi connectivity index (χ0n) is 14.1. The highest BCUT2D eigenvalue weighted by atomic mass is 31.2. The standard InChI is InChI=1S/C19H27O3P/c1-3-8-16(2)22-23(20,21)14-7-6-9-17-12-13-18-10-4-5-11-19(18)15-17/h4-5,10-13,15-16H,3,6-9,14H2,1-2H3,(H,20,21). The molecule has 0 fully saturated rings. The normalized spacial score (nSPS) is 15.4. The molecule has 0 amide bonds. The van der Waals surface area contributed by atoms with E-state index in [0.29, 0.717) is 6.42 Å². The molecule has 23 heavy (non-hydrogen) atoms. The van der Waals surface area contributed by atoms with E-state index in [2.05, 4.69) is 30.3 Å². The van der Waals surface area contributed by atoms with Crippen molar-refractivity contribution in [3.8, 4) is 0 Å². The monoisotopic (exact) mass is 334 g/mol. The van der Waals surface area contributed by atoms with Crippen LogP contribution in [0.2, 0.25) is 0 Å². The van der Waals surface area contributed by atoms with Gasteiger partial charge in [0.15, 0.2) is 0 Å². The zero-order valence-corrected chi connectivity index (χ0v) is 15.0. The van der Waals surface area contributed by atoms with Crippen molar-refractivity contribution in [1.82, 2.24) is 0 Å². The predicted molar refractivity (Wildman–Crippen MR) is 97.0 cm³/mol. The van der Waals surface area contributed by atoms with Gasteiger partial charge in [0.2, 0.25) is 0 Å². The summed E-state index contributed by atoms with van der Waals surface area (Å²) in [6.07, 6.45) is 4.42. The SMILES string of the molecule is CCCC(C)OP(=O)(O)CCCCc1ccc2ccccc2c1. The maximum Gasteiger partial charge on any atom is 0.328 e. The van der Waals surface area contributed by atoms with Gasteiger partial charge in [0.1, 0.15) is 0 Å². The second kappa shape index (κ2) is 8.63. The van der Waals surface area contributed by atoms with E-state index in [1.807, 2.05) is 26.0 Å². The number of hydrogen-bond donors (Lipinski definition) is 1. The molecule has 0 radical (unpaired) electrons. The van der Waals surface area contributed by atoms with Crippen LogP contribution in [-0.4, -0.2) is 17.2 Å². The van der Waals surface area contributed by atoms with E-state index < -0.39 is 7.60 Å². The van der Waals surface area contributed by atoms with Gasteiger partial charge in [-0.15, -0.1) is 0 Å². The Morgan fingerprint density at radius 3 is 2.61 bits per heavy atom. The first-order valence-corrected chi connectivity index (χ1v) is 10.2. The van der Waals surface area contributed by atoms with Crippen LogP contribution < -0.4 is 0 Å². The lowest BCUT2D eigenvalue weighted by atomic mass is 10.0. The molecule has 2 rings (SSSR count). The lowest BCUT2D eigenvalue weighted by molar-refractivity contribution is 0.179. The molecule has 0 aliphatic heterocycles. The largest absolute Gasteiger partial charge is 0.328 e. The predicted octanol–water partition coefficient (Wildman–Crippen LogP) is 5.55. The first kappa shape index (κ1) is 18.2. The van der Waals surface area contributed by atoms with Crippen LogP contribution in [0.1, 0.15) is 45.1 Å². The number of unbranched alkanes of at least 4 members (excludes halogenated alkanes) is 1. The number of rotatable bonds is 9. The molecule has 2 aromatic rings. The lowest BCUT2D eigenvalue weighted by Gasteiger charge is -2.17. The molecule has 0 bridgehead atoms. The molecule has 1 N–H and O–H groups in total. The fourth-order valence-corrected chi connectivity index (χ4v) is 4.22. The van der Waals surface area contributed by atoms with Crippen LogP contribution in [0, 0.1) is 0 Å². The molecule has 0 aromatic heterocycles. The van der Waals surface area contributed by atoms with Gasteiger partial charge in [-0.3, -0.25) is 4.57 Å². The topological polar surface area (TPSA) is 46.5 Å². The molecule has 0 heterocycles. The summed E-state index contributed by atoms with van der Waals surface area (Å²) in [6.45, 7) is 3.91. The van der Waals surface area contributed by atoms with Crippen molar-refractivity contribution in [3.63, 3.8) is 0 Å². The minimum Gasteiger partial charge on any atom is -0.324 e. The van der Waals surface area contributed by atoms with Crippen molar-refractivity contribution in [3.05, 3.63) is 48.0 Å². The first-order valence-electron chi connectivity index (χ1n) is 8.48. The lowest BCUT2D eigenvalue weighted by Crippen LogP contribution is -2.07. The van der Waals surface area contributed by atoms with Gasteiger partial charge >= 0.3 is 7.60 Å². The van der Waals surface area contributed by atoms with E-state index in [-0.39, 0.29) is 12.3 Å². The first-order chi connectivity index (χ1) is 11.0. The van der Waals surface area contributed by atoms with Crippen molar-refractivity contribution >= 4 is 18.4 Å². The highest BCUT2D eigenvalue weighted by Gasteiger charge is 2.21. The van der Waals surface area contributed by atoms with Crippen molar-refractivity contribution < 1.29 is 14.0 Å².